The van der Waals surface area contributed by atoms with Gasteiger partial charge >= 0.3 is 5.97 Å². The minimum absolute atomic E-state index is 0.159. The monoisotopic (exact) mass is 241 g/mol. The number of rotatable bonds is 6. The maximum absolute atomic E-state index is 11.6. The van der Waals surface area contributed by atoms with Gasteiger partial charge in [-0.15, -0.1) is 11.3 Å². The Morgan fingerprint density at radius 2 is 2.31 bits per heavy atom. The third kappa shape index (κ3) is 3.61. The van der Waals surface area contributed by atoms with Crippen molar-refractivity contribution in [1.29, 1.82) is 0 Å². The molecule has 0 aromatic carbocycles. The normalized spacial score (nSPS) is 14.4. The fourth-order valence-corrected chi connectivity index (χ4v) is 2.26. The summed E-state index contributed by atoms with van der Waals surface area (Å²) in [7, 11) is 0. The second-order valence-electron chi connectivity index (χ2n) is 3.62. The highest BCUT2D eigenvalue weighted by atomic mass is 32.1. The van der Waals surface area contributed by atoms with E-state index >= 15 is 0 Å². The van der Waals surface area contributed by atoms with Crippen molar-refractivity contribution < 1.29 is 9.53 Å². The van der Waals surface area contributed by atoms with E-state index in [1.807, 2.05) is 25.3 Å². The quantitative estimate of drug-likeness (QED) is 0.778. The zero-order valence-corrected chi connectivity index (χ0v) is 10.8. The molecule has 1 heterocycles. The molecule has 16 heavy (non-hydrogen) atoms. The first-order chi connectivity index (χ1) is 7.69. The Labute approximate surface area is 101 Å². The first-order valence-corrected chi connectivity index (χ1v) is 6.53. The molecule has 0 saturated carbocycles. The minimum Gasteiger partial charge on any atom is -0.465 e. The van der Waals surface area contributed by atoms with E-state index in [1.54, 1.807) is 11.3 Å². The van der Waals surface area contributed by atoms with Crippen molar-refractivity contribution >= 4 is 17.3 Å². The lowest BCUT2D eigenvalue weighted by Gasteiger charge is -2.19. The predicted molar refractivity (Wildman–Crippen MR) is 66.6 cm³/mol. The van der Waals surface area contributed by atoms with E-state index < -0.39 is 0 Å². The van der Waals surface area contributed by atoms with E-state index in [0.717, 1.165) is 6.42 Å². The predicted octanol–water partition coefficient (Wildman–Crippen LogP) is 2.74. The lowest BCUT2D eigenvalue weighted by Crippen LogP contribution is -2.38. The third-order valence-corrected chi connectivity index (χ3v) is 3.46. The third-order valence-electron chi connectivity index (χ3n) is 2.40. The van der Waals surface area contributed by atoms with Gasteiger partial charge in [-0.2, -0.15) is 0 Å². The van der Waals surface area contributed by atoms with Crippen LogP contribution in [0.3, 0.4) is 0 Å². The SMILES string of the molecule is CCOC(=O)C(CC)N[C@H](C)c1cccs1. The molecule has 0 aliphatic carbocycles. The molecule has 1 rings (SSSR count). The van der Waals surface area contributed by atoms with Crippen LogP contribution >= 0.6 is 11.3 Å². The molecule has 90 valence electrons. The van der Waals surface area contributed by atoms with Gasteiger partial charge in [0.15, 0.2) is 0 Å². The van der Waals surface area contributed by atoms with Gasteiger partial charge in [0.05, 0.1) is 6.61 Å². The van der Waals surface area contributed by atoms with Crippen molar-refractivity contribution in [3.05, 3.63) is 22.4 Å². The van der Waals surface area contributed by atoms with E-state index in [9.17, 15) is 4.79 Å². The number of esters is 1. The van der Waals surface area contributed by atoms with Crippen LogP contribution in [-0.4, -0.2) is 18.6 Å². The van der Waals surface area contributed by atoms with Gasteiger partial charge in [-0.25, -0.2) is 0 Å². The topological polar surface area (TPSA) is 38.3 Å². The molecule has 0 bridgehead atoms. The smallest absolute Gasteiger partial charge is 0.323 e. The molecule has 2 atom stereocenters. The van der Waals surface area contributed by atoms with Gasteiger partial charge < -0.3 is 4.74 Å². The van der Waals surface area contributed by atoms with Crippen LogP contribution in [0.4, 0.5) is 0 Å². The summed E-state index contributed by atoms with van der Waals surface area (Å²) in [5.41, 5.74) is 0. The highest BCUT2D eigenvalue weighted by molar-refractivity contribution is 7.10. The van der Waals surface area contributed by atoms with Gasteiger partial charge in [0.2, 0.25) is 0 Å². The fraction of sp³-hybridized carbons (Fsp3) is 0.583. The summed E-state index contributed by atoms with van der Waals surface area (Å²) in [5.74, 6) is -0.159. The summed E-state index contributed by atoms with van der Waals surface area (Å²) >= 11 is 1.69. The Morgan fingerprint density at radius 3 is 2.81 bits per heavy atom. The Morgan fingerprint density at radius 1 is 1.56 bits per heavy atom. The summed E-state index contributed by atoms with van der Waals surface area (Å²) in [5, 5.41) is 5.33. The number of hydrogen-bond donors (Lipinski definition) is 1. The largest absolute Gasteiger partial charge is 0.465 e. The molecule has 1 aromatic rings. The lowest BCUT2D eigenvalue weighted by molar-refractivity contribution is -0.145. The summed E-state index contributed by atoms with van der Waals surface area (Å²) in [4.78, 5) is 12.8. The van der Waals surface area contributed by atoms with Crippen LogP contribution in [0.5, 0.6) is 0 Å². The van der Waals surface area contributed by atoms with E-state index in [4.69, 9.17) is 4.74 Å². The number of thiophene rings is 1. The van der Waals surface area contributed by atoms with Crippen molar-refractivity contribution in [3.8, 4) is 0 Å². The maximum atomic E-state index is 11.6. The number of carbonyl (C=O) groups excluding carboxylic acids is 1. The van der Waals surface area contributed by atoms with Gasteiger partial charge in [0.1, 0.15) is 6.04 Å². The maximum Gasteiger partial charge on any atom is 0.323 e. The van der Waals surface area contributed by atoms with Crippen LogP contribution in [0.1, 0.15) is 38.1 Å². The van der Waals surface area contributed by atoms with Crippen LogP contribution in [0.25, 0.3) is 0 Å². The molecule has 3 nitrogen and oxygen atoms in total. The number of ether oxygens (including phenoxy) is 1. The van der Waals surface area contributed by atoms with Gasteiger partial charge in [-0.3, -0.25) is 10.1 Å². The molecule has 0 aliphatic rings. The zero-order chi connectivity index (χ0) is 12.0. The van der Waals surface area contributed by atoms with Crippen molar-refractivity contribution in [3.63, 3.8) is 0 Å². The van der Waals surface area contributed by atoms with E-state index in [1.165, 1.54) is 4.88 Å². The average molecular weight is 241 g/mol. The zero-order valence-electron chi connectivity index (χ0n) is 10.0. The van der Waals surface area contributed by atoms with Gasteiger partial charge in [0, 0.05) is 10.9 Å². The van der Waals surface area contributed by atoms with Crippen LogP contribution in [0, 0.1) is 0 Å². The molecule has 4 heteroatoms. The number of nitrogens with one attached hydrogen (secondary N) is 1. The summed E-state index contributed by atoms with van der Waals surface area (Å²) in [6, 6.07) is 4.07. The standard InChI is InChI=1S/C12H19NO2S/c1-4-10(12(14)15-5-2)13-9(3)11-7-6-8-16-11/h6-10,13H,4-5H2,1-3H3/t9-,10?/m1/s1. The van der Waals surface area contributed by atoms with Crippen LogP contribution in [0.2, 0.25) is 0 Å². The summed E-state index contributed by atoms with van der Waals surface area (Å²) in [6.07, 6.45) is 0.745. The molecule has 0 aliphatic heterocycles. The molecule has 0 spiro atoms. The van der Waals surface area contributed by atoms with Crippen molar-refractivity contribution in [2.45, 2.75) is 39.3 Å². The van der Waals surface area contributed by atoms with Gasteiger partial charge in [-0.1, -0.05) is 13.0 Å². The van der Waals surface area contributed by atoms with Crippen LogP contribution in [0.15, 0.2) is 17.5 Å². The van der Waals surface area contributed by atoms with E-state index in [2.05, 4.69) is 18.3 Å². The first-order valence-electron chi connectivity index (χ1n) is 5.65. The minimum atomic E-state index is -0.211. The van der Waals surface area contributed by atoms with E-state index in [0.29, 0.717) is 6.61 Å². The number of carbonyl (C=O) groups is 1. The second kappa shape index (κ2) is 6.66. The summed E-state index contributed by atoms with van der Waals surface area (Å²) < 4.78 is 5.02. The van der Waals surface area contributed by atoms with Crippen LogP contribution in [-0.2, 0) is 9.53 Å². The van der Waals surface area contributed by atoms with Crippen molar-refractivity contribution in [2.75, 3.05) is 6.61 Å². The van der Waals surface area contributed by atoms with Crippen LogP contribution < -0.4 is 5.32 Å². The molecule has 1 N–H and O–H groups in total. The molecule has 0 radical (unpaired) electrons. The molecular formula is C12H19NO2S. The fourth-order valence-electron chi connectivity index (χ4n) is 1.52. The molecule has 0 amide bonds. The van der Waals surface area contributed by atoms with Crippen molar-refractivity contribution in [1.82, 2.24) is 5.32 Å². The Bertz CT molecular complexity index is 311. The van der Waals surface area contributed by atoms with Crippen molar-refractivity contribution in [2.24, 2.45) is 0 Å². The highest BCUT2D eigenvalue weighted by Crippen LogP contribution is 2.19. The summed E-state index contributed by atoms with van der Waals surface area (Å²) in [6.45, 7) is 6.31. The van der Waals surface area contributed by atoms with Gasteiger partial charge in [-0.05, 0) is 31.7 Å². The number of hydrogen-bond acceptors (Lipinski definition) is 4. The first kappa shape index (κ1) is 13.2. The van der Waals surface area contributed by atoms with E-state index in [-0.39, 0.29) is 18.1 Å². The highest BCUT2D eigenvalue weighted by Gasteiger charge is 2.20. The second-order valence-corrected chi connectivity index (χ2v) is 4.60. The molecular weight excluding hydrogens is 222 g/mol. The lowest BCUT2D eigenvalue weighted by atomic mass is 10.2. The Hall–Kier alpha value is -0.870. The average Bonchev–Trinajstić information content (AvgIpc) is 2.79. The molecule has 0 fully saturated rings. The molecule has 1 aromatic heterocycles. The van der Waals surface area contributed by atoms with Gasteiger partial charge in [0.25, 0.3) is 0 Å². The Kier molecular flexibility index (Phi) is 5.49. The Balaban J connectivity index is 2.53. The molecule has 1 unspecified atom stereocenters. The molecule has 0 saturated heterocycles.